The van der Waals surface area contributed by atoms with E-state index in [0.29, 0.717) is 12.3 Å². The van der Waals surface area contributed by atoms with Crippen LogP contribution in [0.3, 0.4) is 0 Å². The summed E-state index contributed by atoms with van der Waals surface area (Å²) in [6.07, 6.45) is 0.185. The van der Waals surface area contributed by atoms with Gasteiger partial charge in [0.1, 0.15) is 0 Å². The summed E-state index contributed by atoms with van der Waals surface area (Å²) in [6.45, 7) is 5.11. The van der Waals surface area contributed by atoms with Gasteiger partial charge in [-0.1, -0.05) is 36.4 Å². The van der Waals surface area contributed by atoms with E-state index >= 15 is 0 Å². The fourth-order valence-corrected chi connectivity index (χ4v) is 3.11. The van der Waals surface area contributed by atoms with Gasteiger partial charge in [-0.3, -0.25) is 4.90 Å². The molecular formula is C20H26N2O3. The molecule has 2 aromatic carbocycles. The summed E-state index contributed by atoms with van der Waals surface area (Å²) >= 11 is 0. The van der Waals surface area contributed by atoms with Crippen LogP contribution in [0.5, 0.6) is 11.5 Å². The number of methoxy groups -OCH3 is 1. The summed E-state index contributed by atoms with van der Waals surface area (Å²) in [7, 11) is 1.55. The molecule has 5 heteroatoms. The Bertz CT molecular complexity index is 663. The number of nitrogens with zero attached hydrogens (tertiary/aromatic N) is 1. The van der Waals surface area contributed by atoms with Gasteiger partial charge >= 0.3 is 0 Å². The Hall–Kier alpha value is -2.08. The van der Waals surface area contributed by atoms with E-state index in [9.17, 15) is 5.11 Å². The van der Waals surface area contributed by atoms with Crippen LogP contribution in [-0.4, -0.2) is 49.5 Å². The predicted octanol–water partition coefficient (Wildman–Crippen LogP) is 2.39. The molecule has 2 N–H and O–H groups in total. The van der Waals surface area contributed by atoms with Crippen molar-refractivity contribution in [2.45, 2.75) is 19.2 Å². The Morgan fingerprint density at radius 2 is 2.04 bits per heavy atom. The highest BCUT2D eigenvalue weighted by Crippen LogP contribution is 2.26. The summed E-state index contributed by atoms with van der Waals surface area (Å²) in [5.74, 6) is 0.667. The number of benzene rings is 2. The molecule has 3 rings (SSSR count). The molecule has 1 saturated heterocycles. The molecule has 1 atom stereocenters. The molecular weight excluding hydrogens is 316 g/mol. The lowest BCUT2D eigenvalue weighted by molar-refractivity contribution is -0.0300. The monoisotopic (exact) mass is 342 g/mol. The molecule has 1 fully saturated rings. The second-order valence-electron chi connectivity index (χ2n) is 6.35. The van der Waals surface area contributed by atoms with Gasteiger partial charge in [-0.05, 0) is 23.3 Å². The average molecular weight is 342 g/mol. The molecule has 0 unspecified atom stereocenters. The fourth-order valence-electron chi connectivity index (χ4n) is 3.11. The zero-order chi connectivity index (χ0) is 17.5. The van der Waals surface area contributed by atoms with Crippen LogP contribution in [0.15, 0.2) is 48.5 Å². The maximum absolute atomic E-state index is 9.83. The Morgan fingerprint density at radius 3 is 2.80 bits per heavy atom. The lowest BCUT2D eigenvalue weighted by Gasteiger charge is -2.33. The van der Waals surface area contributed by atoms with Crippen LogP contribution in [-0.2, 0) is 17.8 Å². The van der Waals surface area contributed by atoms with Crippen LogP contribution in [0.2, 0.25) is 0 Å². The van der Waals surface area contributed by atoms with Crippen molar-refractivity contribution in [3.8, 4) is 11.5 Å². The van der Waals surface area contributed by atoms with Crippen molar-refractivity contribution < 1.29 is 14.6 Å². The first-order valence-electron chi connectivity index (χ1n) is 8.69. The molecule has 0 amide bonds. The van der Waals surface area contributed by atoms with Crippen molar-refractivity contribution in [2.75, 3.05) is 33.4 Å². The van der Waals surface area contributed by atoms with Gasteiger partial charge < -0.3 is 19.9 Å². The van der Waals surface area contributed by atoms with Gasteiger partial charge in [0.15, 0.2) is 11.5 Å². The number of phenols is 1. The molecule has 0 aromatic heterocycles. The molecule has 5 nitrogen and oxygen atoms in total. The van der Waals surface area contributed by atoms with Crippen LogP contribution in [0, 0.1) is 0 Å². The molecule has 0 aliphatic carbocycles. The SMILES string of the molecule is COc1ccc(CNC[C@@H]2CN(Cc3ccccc3)CCO2)cc1O. The van der Waals surface area contributed by atoms with Crippen molar-refractivity contribution in [1.29, 1.82) is 0 Å². The van der Waals surface area contributed by atoms with E-state index in [1.54, 1.807) is 19.2 Å². The Balaban J connectivity index is 1.44. The van der Waals surface area contributed by atoms with Crippen LogP contribution in [0.4, 0.5) is 0 Å². The first-order valence-corrected chi connectivity index (χ1v) is 8.69. The molecule has 25 heavy (non-hydrogen) atoms. The number of hydrogen-bond acceptors (Lipinski definition) is 5. The Morgan fingerprint density at radius 1 is 1.20 bits per heavy atom. The molecule has 0 spiro atoms. The smallest absolute Gasteiger partial charge is 0.160 e. The van der Waals surface area contributed by atoms with Crippen molar-refractivity contribution in [1.82, 2.24) is 10.2 Å². The highest BCUT2D eigenvalue weighted by molar-refractivity contribution is 5.41. The van der Waals surface area contributed by atoms with E-state index in [1.807, 2.05) is 12.1 Å². The standard InChI is InChI=1S/C20H26N2O3/c1-24-20-8-7-17(11-19(20)23)12-21-13-18-15-22(9-10-25-18)14-16-5-3-2-4-6-16/h2-8,11,18,21,23H,9-10,12-15H2,1H3/t18-/m1/s1. The molecule has 1 aliphatic rings. The van der Waals surface area contributed by atoms with E-state index in [0.717, 1.165) is 38.3 Å². The van der Waals surface area contributed by atoms with Crippen molar-refractivity contribution >= 4 is 0 Å². The third kappa shape index (κ3) is 5.19. The Kier molecular flexibility index (Phi) is 6.28. The highest BCUT2D eigenvalue weighted by Gasteiger charge is 2.20. The van der Waals surface area contributed by atoms with Crippen LogP contribution in [0.25, 0.3) is 0 Å². The largest absolute Gasteiger partial charge is 0.504 e. The van der Waals surface area contributed by atoms with Crippen molar-refractivity contribution in [2.24, 2.45) is 0 Å². The zero-order valence-electron chi connectivity index (χ0n) is 14.6. The van der Waals surface area contributed by atoms with Crippen molar-refractivity contribution in [3.63, 3.8) is 0 Å². The van der Waals surface area contributed by atoms with Gasteiger partial charge in [-0.15, -0.1) is 0 Å². The second-order valence-corrected chi connectivity index (χ2v) is 6.35. The average Bonchev–Trinajstić information content (AvgIpc) is 2.63. The molecule has 0 saturated carbocycles. The minimum atomic E-state index is 0.171. The molecule has 134 valence electrons. The van der Waals surface area contributed by atoms with Crippen molar-refractivity contribution in [3.05, 3.63) is 59.7 Å². The van der Waals surface area contributed by atoms with Gasteiger partial charge in [-0.25, -0.2) is 0 Å². The van der Waals surface area contributed by atoms with Gasteiger partial charge in [0, 0.05) is 32.7 Å². The summed E-state index contributed by atoms with van der Waals surface area (Å²) in [6, 6.07) is 16.0. The number of morpholine rings is 1. The zero-order valence-corrected chi connectivity index (χ0v) is 14.6. The third-order valence-electron chi connectivity index (χ3n) is 4.42. The summed E-state index contributed by atoms with van der Waals surface area (Å²) in [4.78, 5) is 2.43. The van der Waals surface area contributed by atoms with Gasteiger partial charge in [0.2, 0.25) is 0 Å². The number of phenolic OH excluding ortho intramolecular Hbond substituents is 1. The normalized spacial score (nSPS) is 18.2. The number of hydrogen-bond donors (Lipinski definition) is 2. The summed E-state index contributed by atoms with van der Waals surface area (Å²) in [5, 5.41) is 13.2. The first-order chi connectivity index (χ1) is 12.2. The maximum atomic E-state index is 9.83. The predicted molar refractivity (Wildman–Crippen MR) is 97.8 cm³/mol. The third-order valence-corrected chi connectivity index (χ3v) is 4.42. The van der Waals surface area contributed by atoms with E-state index in [2.05, 4.69) is 34.5 Å². The number of nitrogens with one attached hydrogen (secondary N) is 1. The van der Waals surface area contributed by atoms with E-state index in [1.165, 1.54) is 5.56 Å². The van der Waals surface area contributed by atoms with E-state index in [4.69, 9.17) is 9.47 Å². The van der Waals surface area contributed by atoms with Gasteiger partial charge in [0.05, 0.1) is 19.8 Å². The van der Waals surface area contributed by atoms with Gasteiger partial charge in [-0.2, -0.15) is 0 Å². The van der Waals surface area contributed by atoms with Crippen LogP contribution < -0.4 is 10.1 Å². The molecule has 0 radical (unpaired) electrons. The minimum absolute atomic E-state index is 0.171. The maximum Gasteiger partial charge on any atom is 0.160 e. The summed E-state index contributed by atoms with van der Waals surface area (Å²) < 4.78 is 10.9. The van der Waals surface area contributed by atoms with E-state index in [-0.39, 0.29) is 11.9 Å². The van der Waals surface area contributed by atoms with E-state index < -0.39 is 0 Å². The second kappa shape index (κ2) is 8.85. The lowest BCUT2D eigenvalue weighted by atomic mass is 10.1. The quantitative estimate of drug-likeness (QED) is 0.809. The summed E-state index contributed by atoms with van der Waals surface area (Å²) in [5.41, 5.74) is 2.36. The lowest BCUT2D eigenvalue weighted by Crippen LogP contribution is -2.46. The van der Waals surface area contributed by atoms with Crippen LogP contribution in [0.1, 0.15) is 11.1 Å². The van der Waals surface area contributed by atoms with Crippen LogP contribution >= 0.6 is 0 Å². The minimum Gasteiger partial charge on any atom is -0.504 e. The van der Waals surface area contributed by atoms with Gasteiger partial charge in [0.25, 0.3) is 0 Å². The number of aromatic hydroxyl groups is 1. The fraction of sp³-hybridized carbons (Fsp3) is 0.400. The molecule has 0 bridgehead atoms. The first kappa shape index (κ1) is 17.7. The molecule has 1 aliphatic heterocycles. The molecule has 1 heterocycles. The topological polar surface area (TPSA) is 54.0 Å². The Labute approximate surface area is 149 Å². The number of rotatable bonds is 7. The highest BCUT2D eigenvalue weighted by atomic mass is 16.5. The number of ether oxygens (including phenoxy) is 2. The molecule has 2 aromatic rings.